The minimum atomic E-state index is -0.246. The van der Waals surface area contributed by atoms with Gasteiger partial charge in [-0.1, -0.05) is 0 Å². The van der Waals surface area contributed by atoms with E-state index in [1.165, 1.54) is 17.0 Å². The Morgan fingerprint density at radius 2 is 1.88 bits per heavy atom. The van der Waals surface area contributed by atoms with E-state index >= 15 is 0 Å². The van der Waals surface area contributed by atoms with Gasteiger partial charge in [-0.15, -0.1) is 11.3 Å². The van der Waals surface area contributed by atoms with E-state index in [0.717, 1.165) is 18.4 Å². The Balaban J connectivity index is 2.07. The molecule has 0 saturated carbocycles. The van der Waals surface area contributed by atoms with Gasteiger partial charge in [0.05, 0.1) is 3.79 Å². The molecule has 0 saturated heterocycles. The van der Waals surface area contributed by atoms with Crippen LogP contribution in [0.1, 0.15) is 4.88 Å². The summed E-state index contributed by atoms with van der Waals surface area (Å²) >= 11 is 11.9. The zero-order chi connectivity index (χ0) is 12.4. The average molecular weight is 444 g/mol. The van der Waals surface area contributed by atoms with Crippen LogP contribution in [0, 0.1) is 5.82 Å². The van der Waals surface area contributed by atoms with Crippen LogP contribution in [0.2, 0.25) is 0 Å². The first-order valence-electron chi connectivity index (χ1n) is 4.69. The first-order valence-corrected chi connectivity index (χ1v) is 7.88. The molecule has 2 aromatic rings. The van der Waals surface area contributed by atoms with E-state index in [9.17, 15) is 4.39 Å². The summed E-state index contributed by atoms with van der Waals surface area (Å²) in [5, 5.41) is 3.25. The molecular formula is C11H7Br3FNS. The first kappa shape index (κ1) is 13.5. The Bertz CT molecular complexity index is 522. The molecular weight excluding hydrogens is 437 g/mol. The summed E-state index contributed by atoms with van der Waals surface area (Å²) in [6.45, 7) is 0.707. The molecule has 1 aromatic carbocycles. The number of halogens is 4. The van der Waals surface area contributed by atoms with Gasteiger partial charge in [-0.2, -0.15) is 0 Å². The third-order valence-electron chi connectivity index (χ3n) is 2.08. The maximum absolute atomic E-state index is 12.9. The molecule has 0 amide bonds. The topological polar surface area (TPSA) is 12.0 Å². The van der Waals surface area contributed by atoms with Crippen LogP contribution in [0.15, 0.2) is 37.0 Å². The molecule has 0 unspecified atom stereocenters. The van der Waals surface area contributed by atoms with Gasteiger partial charge in [-0.3, -0.25) is 0 Å². The second kappa shape index (κ2) is 5.82. The fourth-order valence-corrected chi connectivity index (χ4v) is 3.90. The molecule has 0 radical (unpaired) electrons. The summed E-state index contributed by atoms with van der Waals surface area (Å²) in [7, 11) is 0. The highest BCUT2D eigenvalue weighted by Gasteiger charge is 2.05. The summed E-state index contributed by atoms with van der Waals surface area (Å²) < 4.78 is 15.8. The minimum absolute atomic E-state index is 0.246. The Hall–Kier alpha value is 0.0900. The molecule has 1 heterocycles. The lowest BCUT2D eigenvalue weighted by Crippen LogP contribution is -1.98. The van der Waals surface area contributed by atoms with E-state index < -0.39 is 0 Å². The van der Waals surface area contributed by atoms with E-state index in [1.807, 2.05) is 0 Å². The van der Waals surface area contributed by atoms with Crippen molar-refractivity contribution in [3.63, 3.8) is 0 Å². The number of anilines is 1. The number of rotatable bonds is 3. The molecule has 0 aliphatic heterocycles. The molecule has 1 nitrogen and oxygen atoms in total. The fraction of sp³-hybridized carbons (Fsp3) is 0.0909. The lowest BCUT2D eigenvalue weighted by molar-refractivity contribution is 0.627. The molecule has 90 valence electrons. The van der Waals surface area contributed by atoms with Crippen molar-refractivity contribution >= 4 is 64.8 Å². The summed E-state index contributed by atoms with van der Waals surface area (Å²) in [6, 6.07) is 6.66. The van der Waals surface area contributed by atoms with Crippen LogP contribution in [0.3, 0.4) is 0 Å². The highest BCUT2D eigenvalue weighted by atomic mass is 79.9. The monoisotopic (exact) mass is 441 g/mol. The maximum atomic E-state index is 12.9. The third-order valence-corrected chi connectivity index (χ3v) is 5.99. The van der Waals surface area contributed by atoms with Crippen LogP contribution in [-0.4, -0.2) is 0 Å². The zero-order valence-electron chi connectivity index (χ0n) is 8.44. The van der Waals surface area contributed by atoms with Crippen molar-refractivity contribution in [1.82, 2.24) is 0 Å². The van der Waals surface area contributed by atoms with Crippen LogP contribution >= 0.6 is 59.1 Å². The SMILES string of the molecule is Fc1ccc(NCc2cc(Br)c(Br)s2)c(Br)c1. The highest BCUT2D eigenvalue weighted by Crippen LogP contribution is 2.33. The van der Waals surface area contributed by atoms with Gasteiger partial charge >= 0.3 is 0 Å². The Labute approximate surface area is 128 Å². The van der Waals surface area contributed by atoms with E-state index in [2.05, 4.69) is 59.2 Å². The number of thiophene rings is 1. The van der Waals surface area contributed by atoms with E-state index in [-0.39, 0.29) is 5.82 Å². The zero-order valence-corrected chi connectivity index (χ0v) is 14.0. The van der Waals surface area contributed by atoms with Gasteiger partial charge in [-0.25, -0.2) is 4.39 Å². The average Bonchev–Trinajstić information content (AvgIpc) is 2.57. The van der Waals surface area contributed by atoms with Crippen molar-refractivity contribution in [2.24, 2.45) is 0 Å². The lowest BCUT2D eigenvalue weighted by atomic mass is 10.3. The Morgan fingerprint density at radius 3 is 2.47 bits per heavy atom. The van der Waals surface area contributed by atoms with Gasteiger partial charge in [0.15, 0.2) is 0 Å². The van der Waals surface area contributed by atoms with Gasteiger partial charge in [0.25, 0.3) is 0 Å². The van der Waals surface area contributed by atoms with Crippen LogP contribution in [0.5, 0.6) is 0 Å². The summed E-state index contributed by atoms with van der Waals surface area (Å²) in [5.74, 6) is -0.246. The van der Waals surface area contributed by atoms with Crippen molar-refractivity contribution in [3.05, 3.63) is 47.7 Å². The second-order valence-electron chi connectivity index (χ2n) is 3.31. The lowest BCUT2D eigenvalue weighted by Gasteiger charge is -2.06. The Morgan fingerprint density at radius 1 is 1.12 bits per heavy atom. The van der Waals surface area contributed by atoms with E-state index in [1.54, 1.807) is 17.4 Å². The van der Waals surface area contributed by atoms with E-state index in [4.69, 9.17) is 0 Å². The molecule has 0 fully saturated rings. The fourth-order valence-electron chi connectivity index (χ4n) is 1.29. The highest BCUT2D eigenvalue weighted by molar-refractivity contribution is 9.13. The molecule has 0 aliphatic rings. The first-order chi connectivity index (χ1) is 8.06. The van der Waals surface area contributed by atoms with Gasteiger partial charge < -0.3 is 5.32 Å². The number of nitrogens with one attached hydrogen (secondary N) is 1. The normalized spacial score (nSPS) is 10.6. The summed E-state index contributed by atoms with van der Waals surface area (Å²) in [5.41, 5.74) is 0.882. The number of benzene rings is 1. The van der Waals surface area contributed by atoms with Crippen molar-refractivity contribution in [1.29, 1.82) is 0 Å². The van der Waals surface area contributed by atoms with Crippen LogP contribution in [0.25, 0.3) is 0 Å². The van der Waals surface area contributed by atoms with Gasteiger partial charge in [-0.05, 0) is 72.1 Å². The number of hydrogen-bond donors (Lipinski definition) is 1. The molecule has 17 heavy (non-hydrogen) atoms. The maximum Gasteiger partial charge on any atom is 0.124 e. The van der Waals surface area contributed by atoms with Crippen molar-refractivity contribution < 1.29 is 4.39 Å². The molecule has 2 rings (SSSR count). The largest absolute Gasteiger partial charge is 0.379 e. The molecule has 1 aromatic heterocycles. The second-order valence-corrected chi connectivity index (χ2v) is 7.48. The van der Waals surface area contributed by atoms with Crippen molar-refractivity contribution in [2.45, 2.75) is 6.54 Å². The minimum Gasteiger partial charge on any atom is -0.379 e. The molecule has 0 aliphatic carbocycles. The van der Waals surface area contributed by atoms with Crippen LogP contribution in [-0.2, 0) is 6.54 Å². The van der Waals surface area contributed by atoms with Crippen LogP contribution < -0.4 is 5.32 Å². The van der Waals surface area contributed by atoms with Crippen molar-refractivity contribution in [2.75, 3.05) is 5.32 Å². The van der Waals surface area contributed by atoms with Gasteiger partial charge in [0, 0.05) is 26.1 Å². The molecule has 0 atom stereocenters. The molecule has 6 heteroatoms. The van der Waals surface area contributed by atoms with Gasteiger partial charge in [0.2, 0.25) is 0 Å². The number of hydrogen-bond acceptors (Lipinski definition) is 2. The standard InChI is InChI=1S/C11H7Br3FNS/c12-8-3-6(15)1-2-10(8)16-5-7-4-9(13)11(14)17-7/h1-4,16H,5H2. The predicted octanol–water partition coefficient (Wildman–Crippen LogP) is 5.79. The molecule has 0 spiro atoms. The summed E-state index contributed by atoms with van der Waals surface area (Å²) in [6.07, 6.45) is 0. The van der Waals surface area contributed by atoms with E-state index in [0.29, 0.717) is 6.54 Å². The smallest absolute Gasteiger partial charge is 0.124 e. The quantitative estimate of drug-likeness (QED) is 0.633. The Kier molecular flexibility index (Phi) is 4.63. The summed E-state index contributed by atoms with van der Waals surface area (Å²) in [4.78, 5) is 1.19. The van der Waals surface area contributed by atoms with Gasteiger partial charge in [0.1, 0.15) is 5.82 Å². The molecule has 0 bridgehead atoms. The predicted molar refractivity (Wildman–Crippen MR) is 81.1 cm³/mol. The van der Waals surface area contributed by atoms with Crippen LogP contribution in [0.4, 0.5) is 10.1 Å². The third kappa shape index (κ3) is 3.53. The van der Waals surface area contributed by atoms with Crippen molar-refractivity contribution in [3.8, 4) is 0 Å². The molecule has 1 N–H and O–H groups in total.